The molecule has 2 amide bonds. The molecule has 0 saturated carbocycles. The molecule has 2 aliphatic heterocycles. The number of nitrogen functional groups attached to an aromatic ring is 1. The Kier molecular flexibility index (Phi) is 7.23. The third kappa shape index (κ3) is 5.08. The van der Waals surface area contributed by atoms with Gasteiger partial charge < -0.3 is 31.3 Å². The molecular formula is C19H22N8O5S3. The number of nitrogens with one attached hydrogen (secondary N) is 2. The van der Waals surface area contributed by atoms with Crippen LogP contribution in [0.25, 0.3) is 0 Å². The van der Waals surface area contributed by atoms with Gasteiger partial charge >= 0.3 is 5.97 Å². The molecule has 4 rings (SSSR count). The summed E-state index contributed by atoms with van der Waals surface area (Å²) in [6, 6.07) is -0.833. The van der Waals surface area contributed by atoms with Crippen LogP contribution in [-0.2, 0) is 25.8 Å². The van der Waals surface area contributed by atoms with Crippen molar-refractivity contribution in [3.63, 3.8) is 0 Å². The van der Waals surface area contributed by atoms with Crippen molar-refractivity contribution in [3.8, 4) is 0 Å². The number of thioether (sulfide) groups is 1. The Bertz CT molecular complexity index is 1200. The lowest BCUT2D eigenvalue weighted by Crippen LogP contribution is -2.74. The minimum Gasteiger partial charge on any atom is -0.480 e. The molecule has 2 aliphatic rings. The molecule has 35 heavy (non-hydrogen) atoms. The van der Waals surface area contributed by atoms with Crippen LogP contribution in [0, 0.1) is 12.3 Å². The number of thiazole rings is 2. The Morgan fingerprint density at radius 2 is 2.20 bits per heavy atom. The van der Waals surface area contributed by atoms with Crippen LogP contribution in [-0.4, -0.2) is 80.5 Å². The van der Waals surface area contributed by atoms with Crippen LogP contribution < -0.4 is 16.5 Å². The summed E-state index contributed by atoms with van der Waals surface area (Å²) >= 11 is 3.88. The van der Waals surface area contributed by atoms with Gasteiger partial charge in [0.2, 0.25) is 5.91 Å². The summed E-state index contributed by atoms with van der Waals surface area (Å²) in [4.78, 5) is 52.2. The average molecular weight is 539 g/mol. The van der Waals surface area contributed by atoms with E-state index < -0.39 is 34.6 Å². The number of aliphatic carboxylic acids is 1. The van der Waals surface area contributed by atoms with Crippen LogP contribution in [0.5, 0.6) is 0 Å². The van der Waals surface area contributed by atoms with Crippen LogP contribution in [0.15, 0.2) is 21.0 Å². The number of carbonyl (C=O) groups excluding carboxylic acids is 2. The number of carboxylic acid groups (broad SMARTS) is 1. The fourth-order valence-electron chi connectivity index (χ4n) is 3.53. The number of hydrogen-bond acceptors (Lipinski definition) is 13. The molecule has 2 fully saturated rings. The lowest BCUT2D eigenvalue weighted by atomic mass is 9.88. The Labute approximate surface area is 211 Å². The number of nitrogens with zero attached hydrogens (tertiary/aromatic N) is 5. The van der Waals surface area contributed by atoms with Crippen molar-refractivity contribution in [2.24, 2.45) is 15.7 Å². The number of hydrogen-bond donors (Lipinski definition) is 4. The Balaban J connectivity index is 1.39. The van der Waals surface area contributed by atoms with E-state index in [4.69, 9.17) is 10.6 Å². The van der Waals surface area contributed by atoms with Crippen molar-refractivity contribution in [1.29, 1.82) is 0 Å². The highest BCUT2D eigenvalue weighted by Gasteiger charge is 2.57. The fraction of sp³-hybridized carbons (Fsp3) is 0.421. The molecular weight excluding hydrogens is 516 g/mol. The van der Waals surface area contributed by atoms with Crippen molar-refractivity contribution >= 4 is 69.3 Å². The number of amides is 2. The number of carboxylic acids is 1. The monoisotopic (exact) mass is 538 g/mol. The van der Waals surface area contributed by atoms with E-state index >= 15 is 0 Å². The lowest BCUT2D eigenvalue weighted by Gasteiger charge is -2.52. The zero-order valence-corrected chi connectivity index (χ0v) is 21.1. The van der Waals surface area contributed by atoms with Gasteiger partial charge in [0.15, 0.2) is 10.8 Å². The van der Waals surface area contributed by atoms with E-state index in [0.29, 0.717) is 6.54 Å². The van der Waals surface area contributed by atoms with Gasteiger partial charge in [0.25, 0.3) is 5.91 Å². The SMILES string of the molecule is CON=C(C(=O)NC1C(=O)N2CC(C=NNCc3nc(C)cs3)(C(=O)O)CS[C@H]12)c1csc(N)n1. The first kappa shape index (κ1) is 24.9. The number of aryl methyl sites for hydroxylation is 1. The maximum atomic E-state index is 12.8. The van der Waals surface area contributed by atoms with Gasteiger partial charge in [0, 0.05) is 35.0 Å². The summed E-state index contributed by atoms with van der Waals surface area (Å²) in [5.74, 6) is -1.95. The third-order valence-corrected chi connectivity index (χ3v) is 8.47. The second kappa shape index (κ2) is 10.2. The number of rotatable bonds is 9. The smallest absolute Gasteiger partial charge is 0.317 e. The summed E-state index contributed by atoms with van der Waals surface area (Å²) < 4.78 is 0. The average Bonchev–Trinajstić information content (AvgIpc) is 3.45. The molecule has 2 aromatic heterocycles. The summed E-state index contributed by atoms with van der Waals surface area (Å²) in [6.45, 7) is 2.19. The maximum Gasteiger partial charge on any atom is 0.317 e. The summed E-state index contributed by atoms with van der Waals surface area (Å²) in [5, 5.41) is 24.5. The highest BCUT2D eigenvalue weighted by molar-refractivity contribution is 8.00. The van der Waals surface area contributed by atoms with E-state index in [-0.39, 0.29) is 28.8 Å². The van der Waals surface area contributed by atoms with Crippen LogP contribution >= 0.6 is 34.4 Å². The largest absolute Gasteiger partial charge is 0.480 e. The van der Waals surface area contributed by atoms with Crippen molar-refractivity contribution in [1.82, 2.24) is 25.6 Å². The number of nitrogens with two attached hydrogens (primary N) is 1. The molecule has 5 N–H and O–H groups in total. The predicted octanol–water partition coefficient (Wildman–Crippen LogP) is 0.0872. The van der Waals surface area contributed by atoms with Gasteiger partial charge in [-0.2, -0.15) is 5.10 Å². The van der Waals surface area contributed by atoms with Gasteiger partial charge in [0.05, 0.1) is 6.54 Å². The molecule has 2 saturated heterocycles. The molecule has 0 radical (unpaired) electrons. The zero-order chi connectivity index (χ0) is 25.2. The van der Waals surface area contributed by atoms with Crippen molar-refractivity contribution in [2.75, 3.05) is 25.1 Å². The molecule has 0 aliphatic carbocycles. The van der Waals surface area contributed by atoms with Gasteiger partial charge in [-0.25, -0.2) is 9.97 Å². The summed E-state index contributed by atoms with van der Waals surface area (Å²) in [7, 11) is 1.29. The number of oxime groups is 1. The van der Waals surface area contributed by atoms with Crippen molar-refractivity contribution in [2.45, 2.75) is 24.9 Å². The Morgan fingerprint density at radius 3 is 2.83 bits per heavy atom. The number of fused-ring (bicyclic) bond motifs is 1. The van der Waals surface area contributed by atoms with Crippen molar-refractivity contribution < 1.29 is 24.3 Å². The van der Waals surface area contributed by atoms with Gasteiger partial charge in [0.1, 0.15) is 34.6 Å². The molecule has 0 bridgehead atoms. The number of anilines is 1. The highest BCUT2D eigenvalue weighted by Crippen LogP contribution is 2.41. The van der Waals surface area contributed by atoms with Gasteiger partial charge in [-0.15, -0.1) is 34.4 Å². The maximum absolute atomic E-state index is 12.8. The highest BCUT2D eigenvalue weighted by atomic mass is 32.2. The molecule has 0 aromatic carbocycles. The first-order valence-electron chi connectivity index (χ1n) is 10.2. The van der Waals surface area contributed by atoms with E-state index in [0.717, 1.165) is 22.0 Å². The predicted molar refractivity (Wildman–Crippen MR) is 132 cm³/mol. The van der Waals surface area contributed by atoms with Crippen LogP contribution in [0.1, 0.15) is 16.4 Å². The quantitative estimate of drug-likeness (QED) is 0.194. The third-order valence-electron chi connectivity index (χ3n) is 5.28. The lowest BCUT2D eigenvalue weighted by molar-refractivity contribution is -0.154. The molecule has 0 spiro atoms. The Morgan fingerprint density at radius 1 is 1.40 bits per heavy atom. The second-order valence-corrected chi connectivity index (χ2v) is 10.7. The van der Waals surface area contributed by atoms with Gasteiger partial charge in [-0.1, -0.05) is 5.16 Å². The normalized spacial score (nSPS) is 24.1. The van der Waals surface area contributed by atoms with Crippen LogP contribution in [0.4, 0.5) is 5.13 Å². The standard InChI is InChI=1S/C19H22N8O5S3/c1-9-4-33-11(23-9)3-21-22-6-19(17(30)31)7-27-15(29)13(16(27)35-8-19)25-14(28)12(26-32-2)10-5-34-18(20)24-10/h4-6,13,16,21H,3,7-8H2,1-2H3,(H2,20,24)(H,25,28)(H,30,31)/t13?,16-,19?/m1/s1. The Hall–Kier alpha value is -3.24. The summed E-state index contributed by atoms with van der Waals surface area (Å²) in [5.41, 5.74) is 8.12. The molecule has 16 heteroatoms. The van der Waals surface area contributed by atoms with E-state index in [1.165, 1.54) is 41.3 Å². The molecule has 4 heterocycles. The van der Waals surface area contributed by atoms with E-state index in [1.807, 2.05) is 12.3 Å². The summed E-state index contributed by atoms with van der Waals surface area (Å²) in [6.07, 6.45) is 1.33. The molecule has 2 aromatic rings. The minimum absolute atomic E-state index is 0.0611. The first-order chi connectivity index (χ1) is 16.7. The van der Waals surface area contributed by atoms with E-state index in [1.54, 1.807) is 5.38 Å². The molecule has 2 unspecified atom stereocenters. The molecule has 3 atom stereocenters. The second-order valence-electron chi connectivity index (χ2n) is 7.75. The zero-order valence-electron chi connectivity index (χ0n) is 18.6. The number of β-lactam (4-membered cyclic amide) rings is 1. The van der Waals surface area contributed by atoms with Gasteiger partial charge in [-0.3, -0.25) is 14.4 Å². The molecule has 13 nitrogen and oxygen atoms in total. The van der Waals surface area contributed by atoms with E-state index in [9.17, 15) is 19.5 Å². The van der Waals surface area contributed by atoms with E-state index in [2.05, 4.69) is 31.0 Å². The van der Waals surface area contributed by atoms with Crippen LogP contribution in [0.3, 0.4) is 0 Å². The number of aromatic nitrogens is 2. The van der Waals surface area contributed by atoms with Crippen molar-refractivity contribution in [3.05, 3.63) is 27.2 Å². The molecule has 186 valence electrons. The topological polar surface area (TPSA) is 184 Å². The first-order valence-corrected chi connectivity index (χ1v) is 13.0. The van der Waals surface area contributed by atoms with Gasteiger partial charge in [-0.05, 0) is 6.92 Å². The van der Waals surface area contributed by atoms with Crippen LogP contribution in [0.2, 0.25) is 0 Å². The fourth-order valence-corrected chi connectivity index (χ4v) is 6.27. The minimum atomic E-state index is -1.36. The number of carbonyl (C=O) groups is 3. The number of hydrazone groups is 1.